The van der Waals surface area contributed by atoms with Gasteiger partial charge in [-0.25, -0.2) is 0 Å². The molecule has 8 atom stereocenters. The summed E-state index contributed by atoms with van der Waals surface area (Å²) in [5.41, 5.74) is -1.09. The fourth-order valence-corrected chi connectivity index (χ4v) is 4.98. The first kappa shape index (κ1) is 22.5. The van der Waals surface area contributed by atoms with Crippen molar-refractivity contribution in [2.24, 2.45) is 23.7 Å². The second-order valence-corrected chi connectivity index (χ2v) is 9.87. The zero-order chi connectivity index (χ0) is 21.7. The summed E-state index contributed by atoms with van der Waals surface area (Å²) in [6.45, 7) is 7.55. The lowest BCUT2D eigenvalue weighted by atomic mass is 9.75. The maximum absolute atomic E-state index is 12.7. The molecule has 0 aromatic carbocycles. The highest BCUT2D eigenvalue weighted by atomic mass is 16.7. The Kier molecular flexibility index (Phi) is 6.04. The molecule has 0 radical (unpaired) electrons. The number of esters is 2. The van der Waals surface area contributed by atoms with Gasteiger partial charge in [0.05, 0.1) is 23.5 Å². The highest BCUT2D eigenvalue weighted by molar-refractivity contribution is 5.76. The van der Waals surface area contributed by atoms with Crippen molar-refractivity contribution >= 4 is 11.9 Å². The fraction of sp³-hybridized carbons (Fsp3) is 0.905. The van der Waals surface area contributed by atoms with Gasteiger partial charge in [-0.1, -0.05) is 20.8 Å². The highest BCUT2D eigenvalue weighted by Crippen LogP contribution is 2.50. The number of aliphatic hydroxyl groups is 2. The molecule has 3 rings (SSSR count). The summed E-state index contributed by atoms with van der Waals surface area (Å²) in [6, 6.07) is 0. The monoisotopic (exact) mass is 413 g/mol. The summed E-state index contributed by atoms with van der Waals surface area (Å²) >= 11 is 0. The SMILES string of the molecule is CC(C)C(=O)O[C@@H]1C[C@@]2(C)O[C@@](O)(C[C@@H]2O)[C@@H](C)C[C@H]2OC(=O)C(CN(C)C)[C@H]12. The largest absolute Gasteiger partial charge is 0.462 e. The van der Waals surface area contributed by atoms with Gasteiger partial charge in [-0.15, -0.1) is 0 Å². The molecule has 8 nitrogen and oxygen atoms in total. The van der Waals surface area contributed by atoms with Gasteiger partial charge in [0, 0.05) is 31.2 Å². The first-order valence-corrected chi connectivity index (χ1v) is 10.5. The lowest BCUT2D eigenvalue weighted by Gasteiger charge is -2.36. The Morgan fingerprint density at radius 2 is 2.00 bits per heavy atom. The van der Waals surface area contributed by atoms with Gasteiger partial charge in [-0.05, 0) is 27.4 Å². The van der Waals surface area contributed by atoms with E-state index in [0.717, 1.165) is 0 Å². The first-order valence-electron chi connectivity index (χ1n) is 10.5. The van der Waals surface area contributed by atoms with Crippen molar-refractivity contribution in [1.82, 2.24) is 4.90 Å². The molecule has 3 saturated heterocycles. The van der Waals surface area contributed by atoms with Crippen LogP contribution in [0.15, 0.2) is 0 Å². The van der Waals surface area contributed by atoms with Crippen LogP contribution in [0.5, 0.6) is 0 Å². The zero-order valence-corrected chi connectivity index (χ0v) is 18.3. The molecular formula is C21H35NO7. The predicted octanol–water partition coefficient (Wildman–Crippen LogP) is 0.932. The molecule has 29 heavy (non-hydrogen) atoms. The van der Waals surface area contributed by atoms with Crippen LogP contribution in [-0.2, 0) is 23.8 Å². The van der Waals surface area contributed by atoms with E-state index in [1.807, 2.05) is 25.9 Å². The van der Waals surface area contributed by atoms with E-state index in [0.29, 0.717) is 13.0 Å². The van der Waals surface area contributed by atoms with Crippen LogP contribution in [0.25, 0.3) is 0 Å². The number of aliphatic hydroxyl groups excluding tert-OH is 1. The number of hydrogen-bond acceptors (Lipinski definition) is 8. The van der Waals surface area contributed by atoms with Gasteiger partial charge in [0.15, 0.2) is 5.79 Å². The molecule has 0 spiro atoms. The first-order chi connectivity index (χ1) is 13.4. The van der Waals surface area contributed by atoms with Gasteiger partial charge >= 0.3 is 11.9 Å². The Bertz CT molecular complexity index is 653. The Balaban J connectivity index is 2.02. The van der Waals surface area contributed by atoms with Crippen LogP contribution in [0, 0.1) is 23.7 Å². The van der Waals surface area contributed by atoms with E-state index in [-0.39, 0.29) is 42.5 Å². The van der Waals surface area contributed by atoms with Gasteiger partial charge in [-0.2, -0.15) is 0 Å². The Morgan fingerprint density at radius 3 is 2.59 bits per heavy atom. The van der Waals surface area contributed by atoms with Crippen LogP contribution >= 0.6 is 0 Å². The van der Waals surface area contributed by atoms with Crippen LogP contribution in [0.2, 0.25) is 0 Å². The normalized spacial score (nSPS) is 44.8. The van der Waals surface area contributed by atoms with Crippen LogP contribution in [0.1, 0.15) is 47.0 Å². The molecular weight excluding hydrogens is 378 g/mol. The van der Waals surface area contributed by atoms with Crippen molar-refractivity contribution in [2.45, 2.75) is 76.7 Å². The van der Waals surface area contributed by atoms with E-state index in [4.69, 9.17) is 14.2 Å². The van der Waals surface area contributed by atoms with E-state index in [9.17, 15) is 19.8 Å². The molecule has 1 unspecified atom stereocenters. The fourth-order valence-electron chi connectivity index (χ4n) is 4.98. The number of fused-ring (bicyclic) bond motifs is 3. The quantitative estimate of drug-likeness (QED) is 0.656. The van der Waals surface area contributed by atoms with Crippen molar-refractivity contribution in [3.05, 3.63) is 0 Å². The van der Waals surface area contributed by atoms with Crippen molar-refractivity contribution in [3.8, 4) is 0 Å². The van der Waals surface area contributed by atoms with E-state index in [1.165, 1.54) is 0 Å². The summed E-state index contributed by atoms with van der Waals surface area (Å²) in [5, 5.41) is 21.8. The number of rotatable bonds is 4. The van der Waals surface area contributed by atoms with Gasteiger partial charge < -0.3 is 29.3 Å². The Labute approximate surface area is 172 Å². The van der Waals surface area contributed by atoms with E-state index in [1.54, 1.807) is 20.8 Å². The molecule has 0 saturated carbocycles. The second kappa shape index (κ2) is 7.80. The Hall–Kier alpha value is -1.22. The smallest absolute Gasteiger partial charge is 0.311 e. The van der Waals surface area contributed by atoms with Crippen molar-refractivity contribution in [3.63, 3.8) is 0 Å². The molecule has 3 aliphatic heterocycles. The maximum atomic E-state index is 12.7. The van der Waals surface area contributed by atoms with Crippen LogP contribution in [0.3, 0.4) is 0 Å². The van der Waals surface area contributed by atoms with Crippen LogP contribution in [0.4, 0.5) is 0 Å². The molecule has 3 fully saturated rings. The van der Waals surface area contributed by atoms with Gasteiger partial charge in [0.25, 0.3) is 0 Å². The van der Waals surface area contributed by atoms with Gasteiger partial charge in [0.1, 0.15) is 12.2 Å². The molecule has 2 N–H and O–H groups in total. The number of carbonyl (C=O) groups is 2. The maximum Gasteiger partial charge on any atom is 0.311 e. The van der Waals surface area contributed by atoms with Gasteiger partial charge in [0.2, 0.25) is 0 Å². The standard InChI is InChI=1S/C21H35NO7/c1-11(2)18(24)28-15-8-20(4)16(23)9-21(26,29-20)12(3)7-14-17(15)13(10-22(5)6)19(25)27-14/h11-17,23,26H,7-10H2,1-6H3/t12-,13?,14+,15+,16-,17-,20+,21-/m0/s1. The number of carbonyl (C=O) groups excluding carboxylic acids is 2. The molecule has 3 heterocycles. The minimum absolute atomic E-state index is 0.0714. The van der Waals surface area contributed by atoms with Crippen LogP contribution < -0.4 is 0 Å². The molecule has 0 amide bonds. The van der Waals surface area contributed by atoms with E-state index in [2.05, 4.69) is 0 Å². The highest BCUT2D eigenvalue weighted by Gasteiger charge is 2.61. The minimum atomic E-state index is -1.51. The summed E-state index contributed by atoms with van der Waals surface area (Å²) in [4.78, 5) is 27.1. The van der Waals surface area contributed by atoms with Crippen molar-refractivity contribution in [1.29, 1.82) is 0 Å². The summed E-state index contributed by atoms with van der Waals surface area (Å²) in [7, 11) is 3.76. The van der Waals surface area contributed by atoms with Crippen molar-refractivity contribution < 1.29 is 34.0 Å². The lowest BCUT2D eigenvalue weighted by Crippen LogP contribution is -2.47. The third-order valence-electron chi connectivity index (χ3n) is 6.76. The van der Waals surface area contributed by atoms with E-state index >= 15 is 0 Å². The van der Waals surface area contributed by atoms with Crippen molar-refractivity contribution in [2.75, 3.05) is 20.6 Å². The van der Waals surface area contributed by atoms with Crippen LogP contribution in [-0.4, -0.2) is 77.4 Å². The van der Waals surface area contributed by atoms with E-state index < -0.39 is 35.6 Å². The summed E-state index contributed by atoms with van der Waals surface area (Å²) in [6.07, 6.45) is -1.43. The minimum Gasteiger partial charge on any atom is -0.462 e. The molecule has 3 aliphatic rings. The predicted molar refractivity (Wildman–Crippen MR) is 104 cm³/mol. The molecule has 2 bridgehead atoms. The number of nitrogens with zero attached hydrogens (tertiary/aromatic N) is 1. The molecule has 0 aliphatic carbocycles. The second-order valence-electron chi connectivity index (χ2n) is 9.87. The third-order valence-corrected chi connectivity index (χ3v) is 6.76. The molecule has 166 valence electrons. The molecule has 8 heteroatoms. The topological polar surface area (TPSA) is 106 Å². The summed E-state index contributed by atoms with van der Waals surface area (Å²) in [5.74, 6) is -3.71. The number of hydrogen-bond donors (Lipinski definition) is 2. The average Bonchev–Trinajstić information content (AvgIpc) is 3.00. The van der Waals surface area contributed by atoms with Gasteiger partial charge in [-0.3, -0.25) is 9.59 Å². The Morgan fingerprint density at radius 1 is 1.34 bits per heavy atom. The zero-order valence-electron chi connectivity index (χ0n) is 18.3. The lowest BCUT2D eigenvalue weighted by molar-refractivity contribution is -0.253. The summed E-state index contributed by atoms with van der Waals surface area (Å²) < 4.78 is 17.7. The molecule has 0 aromatic rings. The molecule has 0 aromatic heterocycles. The number of ether oxygens (including phenoxy) is 3. The third kappa shape index (κ3) is 4.17. The average molecular weight is 414 g/mol.